The lowest BCUT2D eigenvalue weighted by Crippen LogP contribution is -2.50. The second-order valence-electron chi connectivity index (χ2n) is 10.2. The Morgan fingerprint density at radius 3 is 2.00 bits per heavy atom. The van der Waals surface area contributed by atoms with Crippen LogP contribution in [0.4, 0.5) is 0 Å². The molecule has 2 N–H and O–H groups in total. The maximum absolute atomic E-state index is 12.3. The van der Waals surface area contributed by atoms with Gasteiger partial charge in [0.1, 0.15) is 11.8 Å². The van der Waals surface area contributed by atoms with E-state index in [9.17, 15) is 24.0 Å². The molecular formula is C25H45N3O5. The molecular weight excluding hydrogens is 422 g/mol. The fraction of sp³-hybridized carbons (Fsp3) is 0.800. The number of hydrogen-bond donors (Lipinski definition) is 2. The van der Waals surface area contributed by atoms with E-state index in [2.05, 4.69) is 31.4 Å². The monoisotopic (exact) mass is 467 g/mol. The molecule has 1 aliphatic heterocycles. The Labute approximate surface area is 199 Å². The predicted molar refractivity (Wildman–Crippen MR) is 129 cm³/mol. The van der Waals surface area contributed by atoms with Gasteiger partial charge in [-0.1, -0.05) is 54.9 Å². The molecule has 2 unspecified atom stereocenters. The molecule has 0 bridgehead atoms. The van der Waals surface area contributed by atoms with Crippen LogP contribution in [0.5, 0.6) is 0 Å². The lowest BCUT2D eigenvalue weighted by Gasteiger charge is -2.21. The van der Waals surface area contributed by atoms with E-state index >= 15 is 0 Å². The van der Waals surface area contributed by atoms with Crippen LogP contribution < -0.4 is 10.6 Å². The van der Waals surface area contributed by atoms with Crippen LogP contribution in [0.1, 0.15) is 87.5 Å². The minimum absolute atomic E-state index is 0.0521. The smallest absolute Gasteiger partial charge is 0.243 e. The third kappa shape index (κ3) is 12.5. The van der Waals surface area contributed by atoms with Gasteiger partial charge in [0.05, 0.1) is 6.54 Å². The highest BCUT2D eigenvalue weighted by molar-refractivity contribution is 6.03. The van der Waals surface area contributed by atoms with Crippen molar-refractivity contribution in [1.82, 2.24) is 15.5 Å². The highest BCUT2D eigenvalue weighted by Gasteiger charge is 2.39. The highest BCUT2D eigenvalue weighted by Crippen LogP contribution is 2.26. The summed E-state index contributed by atoms with van der Waals surface area (Å²) in [5.41, 5.74) is 0. The molecule has 8 heteroatoms. The minimum Gasteiger partial charge on any atom is -0.347 e. The number of nitrogens with one attached hydrogen (secondary N) is 2. The van der Waals surface area contributed by atoms with Gasteiger partial charge in [0.15, 0.2) is 0 Å². The summed E-state index contributed by atoms with van der Waals surface area (Å²) in [7, 11) is 0. The Kier molecular flexibility index (Phi) is 14.5. The number of carbonyl (C=O) groups excluding carboxylic acids is 5. The maximum Gasteiger partial charge on any atom is 0.243 e. The molecule has 0 aromatic carbocycles. The van der Waals surface area contributed by atoms with Crippen LogP contribution in [0.3, 0.4) is 0 Å². The molecule has 1 aliphatic rings. The number of carbonyl (C=O) groups is 5. The number of nitrogens with zero attached hydrogens (tertiary/aromatic N) is 1. The Hall–Kier alpha value is -2.25. The van der Waals surface area contributed by atoms with Crippen LogP contribution >= 0.6 is 0 Å². The summed E-state index contributed by atoms with van der Waals surface area (Å²) in [4.78, 5) is 60.9. The maximum atomic E-state index is 12.3. The molecule has 33 heavy (non-hydrogen) atoms. The van der Waals surface area contributed by atoms with Crippen LogP contribution in [-0.2, 0) is 24.0 Å². The van der Waals surface area contributed by atoms with Gasteiger partial charge in [0, 0.05) is 25.3 Å². The Balaban J connectivity index is 0.00000235. The van der Waals surface area contributed by atoms with Gasteiger partial charge >= 0.3 is 0 Å². The van der Waals surface area contributed by atoms with E-state index in [-0.39, 0.29) is 60.1 Å². The summed E-state index contributed by atoms with van der Waals surface area (Å²) in [5, 5.41) is 5.25. The second-order valence-corrected chi connectivity index (χ2v) is 10.2. The van der Waals surface area contributed by atoms with Gasteiger partial charge in [-0.3, -0.25) is 28.9 Å². The molecule has 1 fully saturated rings. The lowest BCUT2D eigenvalue weighted by molar-refractivity contribution is -0.139. The highest BCUT2D eigenvalue weighted by atomic mass is 16.2. The van der Waals surface area contributed by atoms with Crippen molar-refractivity contribution < 1.29 is 24.0 Å². The number of amides is 4. The number of rotatable bonds is 12. The second kappa shape index (κ2) is 15.6. The van der Waals surface area contributed by atoms with Gasteiger partial charge < -0.3 is 10.6 Å². The van der Waals surface area contributed by atoms with Crippen molar-refractivity contribution in [2.75, 3.05) is 13.1 Å². The summed E-state index contributed by atoms with van der Waals surface area (Å²) in [5.74, 6) is -0.267. The van der Waals surface area contributed by atoms with Crippen LogP contribution in [0.2, 0.25) is 0 Å². The van der Waals surface area contributed by atoms with Crippen LogP contribution in [0, 0.1) is 23.7 Å². The van der Waals surface area contributed by atoms with E-state index in [1.807, 2.05) is 27.7 Å². The van der Waals surface area contributed by atoms with Crippen molar-refractivity contribution in [1.29, 1.82) is 0 Å². The predicted octanol–water partition coefficient (Wildman–Crippen LogP) is 3.09. The van der Waals surface area contributed by atoms with E-state index in [0.29, 0.717) is 32.2 Å². The Morgan fingerprint density at radius 1 is 0.970 bits per heavy atom. The summed E-state index contributed by atoms with van der Waals surface area (Å²) in [6.07, 6.45) is 2.53. The first-order valence-corrected chi connectivity index (χ1v) is 12.2. The van der Waals surface area contributed by atoms with Gasteiger partial charge in [-0.25, -0.2) is 0 Å². The molecule has 1 rings (SSSR count). The summed E-state index contributed by atoms with van der Waals surface area (Å²) < 4.78 is 0. The zero-order valence-corrected chi connectivity index (χ0v) is 21.8. The zero-order chi connectivity index (χ0) is 25.7. The molecule has 1 heterocycles. The minimum atomic E-state index is -0.686. The number of ketones is 1. The summed E-state index contributed by atoms with van der Waals surface area (Å²) >= 11 is 0. The number of unbranched alkanes of at least 4 members (excludes halogenated alkanes) is 2. The molecule has 0 aromatic heterocycles. The number of likely N-dealkylation sites (tertiary alicyclic amines) is 1. The first-order valence-electron chi connectivity index (χ1n) is 12.2. The zero-order valence-electron chi connectivity index (χ0n) is 21.8. The van der Waals surface area contributed by atoms with Crippen molar-refractivity contribution in [3.63, 3.8) is 0 Å². The normalized spacial score (nSPS) is 16.7. The SMILES string of the molecule is CC(=O)CNC(=O)C(NC(=O)CCCCCN1C(=O)CC(C(C)C)C1=O)C(C)C.CC(C)C. The summed E-state index contributed by atoms with van der Waals surface area (Å²) in [6.45, 7) is 15.8. The van der Waals surface area contributed by atoms with Crippen molar-refractivity contribution in [2.24, 2.45) is 23.7 Å². The van der Waals surface area contributed by atoms with Gasteiger partial charge in [0.2, 0.25) is 23.6 Å². The molecule has 8 nitrogen and oxygen atoms in total. The van der Waals surface area contributed by atoms with E-state index in [0.717, 1.165) is 5.92 Å². The number of hydrogen-bond acceptors (Lipinski definition) is 5. The third-order valence-corrected chi connectivity index (χ3v) is 5.15. The molecule has 190 valence electrons. The average Bonchev–Trinajstić information content (AvgIpc) is 2.97. The Morgan fingerprint density at radius 2 is 1.55 bits per heavy atom. The van der Waals surface area contributed by atoms with Crippen molar-refractivity contribution in [3.05, 3.63) is 0 Å². The van der Waals surface area contributed by atoms with Gasteiger partial charge in [0.25, 0.3) is 0 Å². The first-order chi connectivity index (χ1) is 15.3. The van der Waals surface area contributed by atoms with E-state index in [4.69, 9.17) is 0 Å². The molecule has 0 radical (unpaired) electrons. The molecule has 0 saturated carbocycles. The van der Waals surface area contributed by atoms with Gasteiger partial charge in [-0.2, -0.15) is 0 Å². The molecule has 4 amide bonds. The fourth-order valence-corrected chi connectivity index (χ4v) is 3.30. The van der Waals surface area contributed by atoms with E-state index in [1.54, 1.807) is 0 Å². The molecule has 0 aromatic rings. The molecule has 2 atom stereocenters. The van der Waals surface area contributed by atoms with E-state index < -0.39 is 6.04 Å². The topological polar surface area (TPSA) is 113 Å². The van der Waals surface area contributed by atoms with Crippen LogP contribution in [0.15, 0.2) is 0 Å². The largest absolute Gasteiger partial charge is 0.347 e. The lowest BCUT2D eigenvalue weighted by atomic mass is 9.94. The van der Waals surface area contributed by atoms with Crippen molar-refractivity contribution in [3.8, 4) is 0 Å². The third-order valence-electron chi connectivity index (χ3n) is 5.15. The van der Waals surface area contributed by atoms with Gasteiger partial charge in [-0.15, -0.1) is 0 Å². The van der Waals surface area contributed by atoms with Gasteiger partial charge in [-0.05, 0) is 37.5 Å². The van der Waals surface area contributed by atoms with Crippen molar-refractivity contribution in [2.45, 2.75) is 93.5 Å². The molecule has 0 spiro atoms. The standard InChI is InChI=1S/C21H35N3O5.C4H10/c1-13(2)16-11-18(27)24(21(16)29)10-8-6-7-9-17(26)23-19(14(3)4)20(28)22-12-15(5)25;1-4(2)3/h13-14,16,19H,6-12H2,1-5H3,(H,22,28)(H,23,26);4H,1-3H3. The van der Waals surface area contributed by atoms with Crippen LogP contribution in [-0.4, -0.2) is 53.4 Å². The first kappa shape index (κ1) is 30.8. The van der Waals surface area contributed by atoms with Crippen LogP contribution in [0.25, 0.3) is 0 Å². The molecule has 1 saturated heterocycles. The van der Waals surface area contributed by atoms with Crippen molar-refractivity contribution >= 4 is 29.4 Å². The summed E-state index contributed by atoms with van der Waals surface area (Å²) in [6, 6.07) is -0.686. The number of Topliss-reactive ketones (excluding diaryl/α,β-unsaturated/α-hetero) is 1. The van der Waals surface area contributed by atoms with E-state index in [1.165, 1.54) is 11.8 Å². The quantitative estimate of drug-likeness (QED) is 0.338. The molecule has 0 aliphatic carbocycles. The Bertz CT molecular complexity index is 670. The fourth-order valence-electron chi connectivity index (χ4n) is 3.30. The average molecular weight is 468 g/mol. The number of imide groups is 1.